The molecular weight excluding hydrogens is 378 g/mol. The van der Waals surface area contributed by atoms with Gasteiger partial charge >= 0.3 is 5.97 Å². The molecule has 3 N–H and O–H groups in total. The van der Waals surface area contributed by atoms with E-state index in [4.69, 9.17) is 0 Å². The van der Waals surface area contributed by atoms with Gasteiger partial charge < -0.3 is 20.4 Å². The fourth-order valence-corrected chi connectivity index (χ4v) is 3.42. The summed E-state index contributed by atoms with van der Waals surface area (Å²) in [4.78, 5) is 49.1. The van der Waals surface area contributed by atoms with Crippen molar-refractivity contribution in [2.45, 2.75) is 24.2 Å². The predicted molar refractivity (Wildman–Crippen MR) is 101 cm³/mol. The van der Waals surface area contributed by atoms with Gasteiger partial charge in [-0.1, -0.05) is 65.8 Å². The van der Waals surface area contributed by atoms with Crippen LogP contribution in [-0.4, -0.2) is 51.6 Å². The molecule has 1 aliphatic rings. The summed E-state index contributed by atoms with van der Waals surface area (Å²) in [6.07, 6.45) is 0. The number of aliphatic hydroxyl groups is 1. The molecule has 9 heteroatoms. The average molecular weight is 397 g/mol. The fourth-order valence-electron chi connectivity index (χ4n) is 3.42. The molecule has 0 aliphatic carbocycles. The summed E-state index contributed by atoms with van der Waals surface area (Å²) < 4.78 is 0. The Hall–Kier alpha value is -3.59. The minimum absolute atomic E-state index is 0.358. The third kappa shape index (κ3) is 3.85. The van der Waals surface area contributed by atoms with E-state index in [9.17, 15) is 29.5 Å². The van der Waals surface area contributed by atoms with E-state index in [1.165, 1.54) is 0 Å². The minimum Gasteiger partial charge on any atom is -0.479 e. The first kappa shape index (κ1) is 20.2. The molecule has 0 spiro atoms. The highest BCUT2D eigenvalue weighted by Crippen LogP contribution is 2.33. The van der Waals surface area contributed by atoms with Crippen molar-refractivity contribution in [2.75, 3.05) is 6.61 Å². The van der Waals surface area contributed by atoms with Crippen LogP contribution in [0.25, 0.3) is 0 Å². The van der Waals surface area contributed by atoms with E-state index < -0.39 is 48.6 Å². The van der Waals surface area contributed by atoms with Crippen LogP contribution in [0.5, 0.6) is 0 Å². The molecule has 1 heterocycles. The summed E-state index contributed by atoms with van der Waals surface area (Å²) in [6, 6.07) is 11.5. The van der Waals surface area contributed by atoms with Crippen molar-refractivity contribution in [1.82, 2.24) is 10.2 Å². The normalized spacial score (nSPS) is 20.3. The van der Waals surface area contributed by atoms with Gasteiger partial charge in [0.25, 0.3) is 5.91 Å². The summed E-state index contributed by atoms with van der Waals surface area (Å²) in [5, 5.41) is 24.6. The Morgan fingerprint density at radius 2 is 1.59 bits per heavy atom. The van der Waals surface area contributed by atoms with Crippen LogP contribution < -0.4 is 5.32 Å². The van der Waals surface area contributed by atoms with Crippen LogP contribution in [-0.2, 0) is 14.4 Å². The van der Waals surface area contributed by atoms with Gasteiger partial charge in [0.05, 0.1) is 12.6 Å². The van der Waals surface area contributed by atoms with Crippen LogP contribution in [0.3, 0.4) is 0 Å². The van der Waals surface area contributed by atoms with E-state index >= 15 is 0 Å². The predicted octanol–water partition coefficient (Wildman–Crippen LogP) is 1.01. The molecule has 1 aliphatic heterocycles. The number of benzene rings is 2. The van der Waals surface area contributed by atoms with E-state index in [2.05, 4.69) is 10.5 Å². The molecule has 2 amide bonds. The van der Waals surface area contributed by atoms with Gasteiger partial charge in [-0.25, -0.2) is 4.79 Å². The quantitative estimate of drug-likeness (QED) is 0.449. The van der Waals surface area contributed by atoms with Crippen molar-refractivity contribution >= 4 is 17.8 Å². The molecule has 3 rings (SSSR count). The molecule has 150 valence electrons. The lowest BCUT2D eigenvalue weighted by molar-refractivity contribution is -0.169. The van der Waals surface area contributed by atoms with E-state index in [0.29, 0.717) is 11.1 Å². The van der Waals surface area contributed by atoms with Gasteiger partial charge in [-0.05, 0) is 11.1 Å². The largest absolute Gasteiger partial charge is 0.479 e. The lowest BCUT2D eigenvalue weighted by Gasteiger charge is -2.49. The number of nitroso groups, excluding NO2 is 1. The summed E-state index contributed by atoms with van der Waals surface area (Å²) in [6.45, 7) is -0.558. The van der Waals surface area contributed by atoms with Gasteiger partial charge in [0.15, 0.2) is 12.1 Å². The highest BCUT2D eigenvalue weighted by molar-refractivity contribution is 5.97. The number of aliphatic hydroxyl groups excluding tert-OH is 1. The zero-order chi connectivity index (χ0) is 21.0. The van der Waals surface area contributed by atoms with Gasteiger partial charge in [-0.3, -0.25) is 9.59 Å². The molecule has 1 saturated heterocycles. The number of aliphatic carboxylic acids is 1. The van der Waals surface area contributed by atoms with Gasteiger partial charge in [0.2, 0.25) is 5.91 Å². The number of carbonyl (C=O) groups is 3. The first-order valence-electron chi connectivity index (χ1n) is 8.88. The number of hydrogen-bond acceptors (Lipinski definition) is 6. The third-order valence-corrected chi connectivity index (χ3v) is 4.84. The summed E-state index contributed by atoms with van der Waals surface area (Å²) in [5.41, 5.74) is 0.727. The van der Waals surface area contributed by atoms with Crippen LogP contribution in [0.15, 0.2) is 65.8 Å². The molecule has 1 fully saturated rings. The van der Waals surface area contributed by atoms with Crippen molar-refractivity contribution < 1.29 is 24.6 Å². The van der Waals surface area contributed by atoms with E-state index in [1.54, 1.807) is 60.7 Å². The Morgan fingerprint density at radius 3 is 2.07 bits per heavy atom. The molecule has 9 nitrogen and oxygen atoms in total. The minimum atomic E-state index is -1.36. The zero-order valence-electron chi connectivity index (χ0n) is 15.2. The first-order valence-corrected chi connectivity index (χ1v) is 8.88. The number of nitrogens with zero attached hydrogens (tertiary/aromatic N) is 2. The SMILES string of the molecule is O=NC(C(=O)NC1C(=O)N(C(C(=O)O)c2ccccc2)C1CO)c1ccccc1. The summed E-state index contributed by atoms with van der Waals surface area (Å²) >= 11 is 0. The van der Waals surface area contributed by atoms with Crippen LogP contribution in [0.2, 0.25) is 0 Å². The number of carboxylic acids is 1. The van der Waals surface area contributed by atoms with Crippen molar-refractivity contribution in [3.63, 3.8) is 0 Å². The van der Waals surface area contributed by atoms with Crippen molar-refractivity contribution in [3.05, 3.63) is 76.7 Å². The van der Waals surface area contributed by atoms with E-state index in [1.807, 2.05) is 0 Å². The molecule has 0 bridgehead atoms. The smallest absolute Gasteiger partial charge is 0.331 e. The molecule has 29 heavy (non-hydrogen) atoms. The van der Waals surface area contributed by atoms with Crippen molar-refractivity contribution in [3.8, 4) is 0 Å². The number of carbonyl (C=O) groups excluding carboxylic acids is 2. The van der Waals surface area contributed by atoms with Gasteiger partial charge in [0.1, 0.15) is 6.04 Å². The second kappa shape index (κ2) is 8.61. The third-order valence-electron chi connectivity index (χ3n) is 4.84. The number of β-lactam (4-membered cyclic amide) rings is 1. The maximum absolute atomic E-state index is 12.7. The molecule has 0 aromatic heterocycles. The highest BCUT2D eigenvalue weighted by Gasteiger charge is 2.53. The van der Waals surface area contributed by atoms with Gasteiger partial charge in [0, 0.05) is 0 Å². The summed E-state index contributed by atoms with van der Waals surface area (Å²) in [5.74, 6) is -2.72. The Labute approximate surface area is 165 Å². The van der Waals surface area contributed by atoms with Crippen LogP contribution >= 0.6 is 0 Å². The van der Waals surface area contributed by atoms with Gasteiger partial charge in [-0.2, -0.15) is 0 Å². The lowest BCUT2D eigenvalue weighted by atomic mass is 9.89. The molecule has 2 aromatic carbocycles. The lowest BCUT2D eigenvalue weighted by Crippen LogP contribution is -2.73. The Bertz CT molecular complexity index is 905. The molecular formula is C20H19N3O6. The topological polar surface area (TPSA) is 136 Å². The highest BCUT2D eigenvalue weighted by atomic mass is 16.4. The maximum atomic E-state index is 12.7. The van der Waals surface area contributed by atoms with E-state index in [0.717, 1.165) is 4.90 Å². The second-order valence-electron chi connectivity index (χ2n) is 6.55. The number of amides is 2. The zero-order valence-corrected chi connectivity index (χ0v) is 15.2. The number of likely N-dealkylation sites (tertiary alicyclic amines) is 1. The summed E-state index contributed by atoms with van der Waals surface area (Å²) in [7, 11) is 0. The van der Waals surface area contributed by atoms with Crippen LogP contribution in [0, 0.1) is 4.91 Å². The number of hydrogen-bond donors (Lipinski definition) is 3. The van der Waals surface area contributed by atoms with Gasteiger partial charge in [-0.15, -0.1) is 4.91 Å². The van der Waals surface area contributed by atoms with Crippen LogP contribution in [0.1, 0.15) is 23.2 Å². The Balaban J connectivity index is 1.79. The van der Waals surface area contributed by atoms with Crippen molar-refractivity contribution in [1.29, 1.82) is 0 Å². The molecule has 4 atom stereocenters. The number of rotatable bonds is 8. The fraction of sp³-hybridized carbons (Fsp3) is 0.250. The van der Waals surface area contributed by atoms with Crippen LogP contribution in [0.4, 0.5) is 0 Å². The maximum Gasteiger partial charge on any atom is 0.331 e. The average Bonchev–Trinajstić information content (AvgIpc) is 2.74. The molecule has 0 radical (unpaired) electrons. The first-order chi connectivity index (χ1) is 14.0. The Morgan fingerprint density at radius 1 is 1.03 bits per heavy atom. The number of nitrogens with one attached hydrogen (secondary N) is 1. The second-order valence-corrected chi connectivity index (χ2v) is 6.55. The molecule has 4 unspecified atom stereocenters. The van der Waals surface area contributed by atoms with Crippen molar-refractivity contribution in [2.24, 2.45) is 5.18 Å². The monoisotopic (exact) mass is 397 g/mol. The standard InChI is InChI=1S/C20H19N3O6/c24-11-14-16(21-18(25)15(22-29)12-7-3-1-4-8-12)19(26)23(14)17(20(27)28)13-9-5-2-6-10-13/h1-10,14-17,24H,11H2,(H,21,25)(H,27,28). The number of carboxylic acid groups (broad SMARTS) is 1. The molecule has 2 aromatic rings. The van der Waals surface area contributed by atoms with E-state index in [-0.39, 0.29) is 0 Å². The Kier molecular flexibility index (Phi) is 5.99. The molecule has 0 saturated carbocycles.